The summed E-state index contributed by atoms with van der Waals surface area (Å²) in [6.45, 7) is 12.3. The van der Waals surface area contributed by atoms with Crippen molar-refractivity contribution in [2.75, 3.05) is 0 Å². The minimum absolute atomic E-state index is 0.487. The molecule has 0 bridgehead atoms. The number of benzene rings is 2. The fourth-order valence-corrected chi connectivity index (χ4v) is 49.3. The van der Waals surface area contributed by atoms with E-state index in [0.717, 1.165) is 0 Å². The molecular weight excluding hydrogens is 603 g/mol. The van der Waals surface area contributed by atoms with Crippen LogP contribution >= 0.6 is 0 Å². The van der Waals surface area contributed by atoms with Gasteiger partial charge < -0.3 is 0 Å². The van der Waals surface area contributed by atoms with Crippen LogP contribution < -0.4 is 0 Å². The number of rotatable bonds is 4. The Morgan fingerprint density at radius 2 is 1.09 bits per heavy atom. The standard InChI is InChI=1S/2C14H15.C3H8Si.2CH3.Hf/c2*1-9-11-5-3-7-13(11)10(2)14-8-4-6-12(9)14;1-2-3-4;;;/h2*3,5,7H,4,6,8H2,1-2H3;4H,2-3H2,1H3;2*1H3;. The molecule has 2 heteroatoms. The van der Waals surface area contributed by atoms with Gasteiger partial charge in [-0.05, 0) is 0 Å². The zero-order valence-electron chi connectivity index (χ0n) is 23.2. The number of fused-ring (bicyclic) bond motifs is 4. The summed E-state index contributed by atoms with van der Waals surface area (Å²) in [6.07, 6.45) is 20.4. The van der Waals surface area contributed by atoms with Crippen LogP contribution in [0.1, 0.15) is 100 Å². The molecule has 2 aromatic carbocycles. The van der Waals surface area contributed by atoms with Gasteiger partial charge in [0, 0.05) is 0 Å². The van der Waals surface area contributed by atoms with Crippen molar-refractivity contribution in [2.45, 2.75) is 102 Å². The van der Waals surface area contributed by atoms with Gasteiger partial charge in [-0.15, -0.1) is 0 Å². The molecule has 4 aliphatic rings. The fourth-order valence-electron chi connectivity index (χ4n) is 8.97. The molecule has 0 radical (unpaired) electrons. The summed E-state index contributed by atoms with van der Waals surface area (Å²) < 4.78 is 7.25. The van der Waals surface area contributed by atoms with E-state index >= 15 is 0 Å². The molecule has 184 valence electrons. The van der Waals surface area contributed by atoms with Gasteiger partial charge in [0.1, 0.15) is 0 Å². The van der Waals surface area contributed by atoms with E-state index < -0.39 is 17.1 Å². The summed E-state index contributed by atoms with van der Waals surface area (Å²) in [7, 11) is 0. The van der Waals surface area contributed by atoms with Crippen LogP contribution in [0.25, 0.3) is 12.2 Å². The van der Waals surface area contributed by atoms with Crippen molar-refractivity contribution in [3.63, 3.8) is 0 Å². The molecule has 0 fully saturated rings. The molecular formula is C33H44HfSi. The molecule has 0 aromatic heterocycles. The SMILES string of the molecule is CCC[SiH]=[Hf]([CH3])([CH3])([CH]1C=Cc2c(C)c3c(c(C)c21)CCC3)[CH]1C=Cc2c(C)c3c(c(C)c21)CCC3. The molecule has 0 saturated heterocycles. The molecule has 2 atom stereocenters. The Morgan fingerprint density at radius 1 is 0.686 bits per heavy atom. The van der Waals surface area contributed by atoms with Crippen LogP contribution in [0, 0.1) is 27.7 Å². The third kappa shape index (κ3) is 3.24. The molecule has 6 rings (SSSR count). The third-order valence-electron chi connectivity index (χ3n) is 11.0. The van der Waals surface area contributed by atoms with Crippen LogP contribution in [0.15, 0.2) is 12.2 Å². The quantitative estimate of drug-likeness (QED) is 0.292. The van der Waals surface area contributed by atoms with E-state index in [4.69, 9.17) is 0 Å². The Labute approximate surface area is 215 Å². The first kappa shape index (κ1) is 24.3. The second-order valence-electron chi connectivity index (χ2n) is 13.2. The predicted octanol–water partition coefficient (Wildman–Crippen LogP) is 8.70. The van der Waals surface area contributed by atoms with Gasteiger partial charge in [0.05, 0.1) is 0 Å². The van der Waals surface area contributed by atoms with Crippen LogP contribution in [-0.4, -0.2) is 6.22 Å². The molecule has 2 unspecified atom stereocenters. The van der Waals surface area contributed by atoms with Gasteiger partial charge in [0.15, 0.2) is 0 Å². The average molecular weight is 647 g/mol. The van der Waals surface area contributed by atoms with E-state index in [1.54, 1.807) is 66.8 Å². The van der Waals surface area contributed by atoms with Crippen LogP contribution in [0.3, 0.4) is 0 Å². The molecule has 4 aliphatic carbocycles. The van der Waals surface area contributed by atoms with E-state index in [-0.39, 0.29) is 0 Å². The van der Waals surface area contributed by atoms with E-state index in [1.165, 1.54) is 51.0 Å². The Bertz CT molecular complexity index is 1310. The van der Waals surface area contributed by atoms with Gasteiger partial charge in [-0.2, -0.15) is 0 Å². The van der Waals surface area contributed by atoms with Gasteiger partial charge in [-0.25, -0.2) is 0 Å². The molecule has 0 spiro atoms. The van der Waals surface area contributed by atoms with Gasteiger partial charge >= 0.3 is 217 Å². The average Bonchev–Trinajstić information content (AvgIpc) is 3.63. The van der Waals surface area contributed by atoms with Crippen molar-refractivity contribution in [1.29, 1.82) is 0 Å². The van der Waals surface area contributed by atoms with Crippen molar-refractivity contribution in [2.24, 2.45) is 0 Å². The molecule has 35 heavy (non-hydrogen) atoms. The molecule has 0 nitrogen and oxygen atoms in total. The monoisotopic (exact) mass is 648 g/mol. The first-order valence-corrected chi connectivity index (χ1v) is 33.3. The normalized spacial score (nSPS) is 21.9. The molecule has 0 amide bonds. The van der Waals surface area contributed by atoms with Crippen molar-refractivity contribution in [3.8, 4) is 0 Å². The Hall–Kier alpha value is -0.993. The first-order chi connectivity index (χ1) is 16.7. The summed E-state index contributed by atoms with van der Waals surface area (Å²) in [4.78, 5) is 0. The van der Waals surface area contributed by atoms with Crippen LogP contribution in [0.5, 0.6) is 0 Å². The molecule has 0 N–H and O–H groups in total. The van der Waals surface area contributed by atoms with E-state index in [1.807, 2.05) is 0 Å². The van der Waals surface area contributed by atoms with Crippen molar-refractivity contribution < 1.29 is 17.1 Å². The molecule has 2 aromatic rings. The summed E-state index contributed by atoms with van der Waals surface area (Å²) in [6, 6.07) is 1.47. The maximum atomic E-state index is 2.92. The van der Waals surface area contributed by atoms with E-state index in [9.17, 15) is 0 Å². The van der Waals surface area contributed by atoms with Crippen LogP contribution in [0.4, 0.5) is 0 Å². The van der Waals surface area contributed by atoms with Crippen molar-refractivity contribution >= 4 is 18.4 Å². The number of hydrogen-bond donors (Lipinski definition) is 0. The van der Waals surface area contributed by atoms with Crippen LogP contribution in [0.2, 0.25) is 15.4 Å². The number of hydrogen-bond acceptors (Lipinski definition) is 0. The van der Waals surface area contributed by atoms with Gasteiger partial charge in [-0.3, -0.25) is 0 Å². The van der Waals surface area contributed by atoms with Crippen LogP contribution in [-0.2, 0) is 42.8 Å². The van der Waals surface area contributed by atoms with Crippen molar-refractivity contribution in [3.05, 3.63) is 78.9 Å². The third-order valence-corrected chi connectivity index (χ3v) is 53.6. The zero-order valence-corrected chi connectivity index (χ0v) is 27.9. The van der Waals surface area contributed by atoms with Crippen molar-refractivity contribution in [1.82, 2.24) is 0 Å². The zero-order chi connectivity index (χ0) is 24.7. The summed E-state index contributed by atoms with van der Waals surface area (Å²) >= 11 is -3.53. The van der Waals surface area contributed by atoms with E-state index in [2.05, 4.69) is 68.3 Å². The minimum atomic E-state index is -3.53. The summed E-state index contributed by atoms with van der Waals surface area (Å²) in [5, 5.41) is 0. The predicted molar refractivity (Wildman–Crippen MR) is 153 cm³/mol. The maximum absolute atomic E-state index is 3.53. The second kappa shape index (κ2) is 8.25. The first-order valence-electron chi connectivity index (χ1n) is 14.4. The van der Waals surface area contributed by atoms with E-state index in [0.29, 0.717) is 13.6 Å². The summed E-state index contributed by atoms with van der Waals surface area (Å²) in [5.41, 5.74) is 20.3. The second-order valence-corrected chi connectivity index (χ2v) is 57.6. The number of allylic oxidation sites excluding steroid dienone is 2. The molecule has 0 saturated carbocycles. The topological polar surface area (TPSA) is 0 Å². The Morgan fingerprint density at radius 3 is 1.49 bits per heavy atom. The fraction of sp³-hybridized carbons (Fsp3) is 0.515. The van der Waals surface area contributed by atoms with Gasteiger partial charge in [0.25, 0.3) is 0 Å². The molecule has 0 heterocycles. The Kier molecular flexibility index (Phi) is 5.74. The summed E-state index contributed by atoms with van der Waals surface area (Å²) in [5.74, 6) is 0. The van der Waals surface area contributed by atoms with Gasteiger partial charge in [-0.1, -0.05) is 0 Å². The Balaban J connectivity index is 1.61. The molecule has 0 aliphatic heterocycles. The van der Waals surface area contributed by atoms with Gasteiger partial charge in [0.2, 0.25) is 0 Å².